The zero-order valence-corrected chi connectivity index (χ0v) is 21.1. The third-order valence-corrected chi connectivity index (χ3v) is 6.09. The number of amides is 1. The number of nitrogens with two attached hydrogens (primary N) is 1. The van der Waals surface area contributed by atoms with Gasteiger partial charge in [0, 0.05) is 41.2 Å². The van der Waals surface area contributed by atoms with Crippen molar-refractivity contribution in [3.05, 3.63) is 90.7 Å². The smallest absolute Gasteiger partial charge is 0.250 e. The van der Waals surface area contributed by atoms with Crippen LogP contribution in [0.3, 0.4) is 0 Å². The van der Waals surface area contributed by atoms with E-state index in [0.29, 0.717) is 50.7 Å². The van der Waals surface area contributed by atoms with E-state index in [-0.39, 0.29) is 11.7 Å². The number of nitrogens with one attached hydrogen (secondary N) is 1. The van der Waals surface area contributed by atoms with Crippen molar-refractivity contribution >= 4 is 28.4 Å². The molecule has 0 saturated heterocycles. The maximum atomic E-state index is 15.5. The Bertz CT molecular complexity index is 1710. The lowest BCUT2D eigenvalue weighted by molar-refractivity contribution is -0.112. The minimum atomic E-state index is -0.520. The number of hydrogen-bond donors (Lipinski definition) is 2. The summed E-state index contributed by atoms with van der Waals surface area (Å²) in [6.07, 6.45) is 1.38. The Hall–Kier alpha value is -5.05. The van der Waals surface area contributed by atoms with Gasteiger partial charge in [0.05, 0.1) is 11.1 Å². The topological polar surface area (TPSA) is 108 Å². The number of aryl methyl sites for hydroxylation is 2. The van der Waals surface area contributed by atoms with Crippen LogP contribution in [0.15, 0.2) is 79.1 Å². The molecule has 0 atom stereocenters. The molecule has 0 radical (unpaired) electrons. The number of pyridine rings is 1. The summed E-state index contributed by atoms with van der Waals surface area (Å²) in [4.78, 5) is 25.0. The standard InChI is InChI=1S/C29H25FN6O2/c1-16(2)29(37)35-19-10-13-21(22(30)14-19)26-24(25-27(31)32-15-33-28(25)36(26)4)18-8-11-20(12-9-18)38-23-7-5-6-17(3)34-23/h5-15H,1H2,2-4H3,(H,35,37)(H2,31,32,33). The predicted octanol–water partition coefficient (Wildman–Crippen LogP) is 6.03. The molecule has 8 nitrogen and oxygen atoms in total. The highest BCUT2D eigenvalue weighted by molar-refractivity contribution is 6.08. The SMILES string of the molecule is C=C(C)C(=O)Nc1ccc(-c2c(-c3ccc(Oc4cccc(C)n4)cc3)c3c(N)ncnc3n2C)c(F)c1. The van der Waals surface area contributed by atoms with Crippen molar-refractivity contribution in [3.8, 4) is 34.0 Å². The fraction of sp³-hybridized carbons (Fsp3) is 0.103. The molecule has 9 heteroatoms. The van der Waals surface area contributed by atoms with Gasteiger partial charge in [-0.2, -0.15) is 0 Å². The fourth-order valence-corrected chi connectivity index (χ4v) is 4.28. The summed E-state index contributed by atoms with van der Waals surface area (Å²) in [5.41, 5.74) is 10.7. The number of nitrogen functional groups attached to an aromatic ring is 1. The van der Waals surface area contributed by atoms with Gasteiger partial charge in [0.25, 0.3) is 5.91 Å². The van der Waals surface area contributed by atoms with Crippen molar-refractivity contribution in [2.45, 2.75) is 13.8 Å². The number of carbonyl (C=O) groups is 1. The van der Waals surface area contributed by atoms with Gasteiger partial charge in [-0.25, -0.2) is 19.3 Å². The molecule has 0 spiro atoms. The number of rotatable bonds is 6. The van der Waals surface area contributed by atoms with Crippen LogP contribution in [0, 0.1) is 12.7 Å². The normalized spacial score (nSPS) is 10.9. The van der Waals surface area contributed by atoms with Gasteiger partial charge in [0.15, 0.2) is 0 Å². The molecule has 0 aliphatic heterocycles. The third kappa shape index (κ3) is 4.57. The van der Waals surface area contributed by atoms with Gasteiger partial charge < -0.3 is 20.4 Å². The summed E-state index contributed by atoms with van der Waals surface area (Å²) in [6.45, 7) is 7.09. The highest BCUT2D eigenvalue weighted by Crippen LogP contribution is 2.43. The van der Waals surface area contributed by atoms with Gasteiger partial charge in [-0.05, 0) is 55.8 Å². The van der Waals surface area contributed by atoms with E-state index in [4.69, 9.17) is 10.5 Å². The maximum absolute atomic E-state index is 15.5. The molecular formula is C29H25FN6O2. The Labute approximate surface area is 218 Å². The number of aromatic nitrogens is 4. The van der Waals surface area contributed by atoms with Crippen LogP contribution in [0.1, 0.15) is 12.6 Å². The van der Waals surface area contributed by atoms with Crippen LogP contribution in [0.4, 0.5) is 15.9 Å². The lowest BCUT2D eigenvalue weighted by Crippen LogP contribution is -2.12. The number of nitrogens with zero attached hydrogens (tertiary/aromatic N) is 4. The average Bonchev–Trinajstić information content (AvgIpc) is 3.18. The van der Waals surface area contributed by atoms with Crippen molar-refractivity contribution in [2.24, 2.45) is 7.05 Å². The van der Waals surface area contributed by atoms with Gasteiger partial charge in [-0.3, -0.25) is 4.79 Å². The monoisotopic (exact) mass is 508 g/mol. The number of fused-ring (bicyclic) bond motifs is 1. The average molecular weight is 509 g/mol. The largest absolute Gasteiger partial charge is 0.439 e. The van der Waals surface area contributed by atoms with Crippen LogP contribution >= 0.6 is 0 Å². The Balaban J connectivity index is 1.61. The first-order valence-corrected chi connectivity index (χ1v) is 11.8. The zero-order valence-electron chi connectivity index (χ0n) is 21.1. The van der Waals surface area contributed by atoms with E-state index in [2.05, 4.69) is 26.8 Å². The Morgan fingerprint density at radius 1 is 1.11 bits per heavy atom. The number of carbonyl (C=O) groups excluding carboxylic acids is 1. The Morgan fingerprint density at radius 3 is 2.55 bits per heavy atom. The first-order valence-electron chi connectivity index (χ1n) is 11.8. The summed E-state index contributed by atoms with van der Waals surface area (Å²) in [7, 11) is 1.80. The second-order valence-electron chi connectivity index (χ2n) is 8.91. The highest BCUT2D eigenvalue weighted by atomic mass is 19.1. The lowest BCUT2D eigenvalue weighted by atomic mass is 9.98. The van der Waals surface area contributed by atoms with Crippen LogP contribution in [0.25, 0.3) is 33.4 Å². The van der Waals surface area contributed by atoms with E-state index in [1.165, 1.54) is 12.4 Å². The summed E-state index contributed by atoms with van der Waals surface area (Å²) in [6, 6.07) is 17.5. The first kappa shape index (κ1) is 24.6. The van der Waals surface area contributed by atoms with Crippen molar-refractivity contribution in [1.29, 1.82) is 0 Å². The third-order valence-electron chi connectivity index (χ3n) is 6.09. The van der Waals surface area contributed by atoms with E-state index in [1.807, 2.05) is 43.3 Å². The number of ether oxygens (including phenoxy) is 1. The molecule has 3 heterocycles. The van der Waals surface area contributed by atoms with Crippen molar-refractivity contribution in [3.63, 3.8) is 0 Å². The fourth-order valence-electron chi connectivity index (χ4n) is 4.28. The zero-order chi connectivity index (χ0) is 27.0. The summed E-state index contributed by atoms with van der Waals surface area (Å²) in [5.74, 6) is 0.466. The minimum absolute atomic E-state index is 0.280. The number of halogens is 1. The highest BCUT2D eigenvalue weighted by Gasteiger charge is 2.24. The number of benzene rings is 2. The van der Waals surface area contributed by atoms with Gasteiger partial charge in [0.2, 0.25) is 5.88 Å². The molecule has 5 aromatic rings. The lowest BCUT2D eigenvalue weighted by Gasteiger charge is -2.12. The predicted molar refractivity (Wildman–Crippen MR) is 146 cm³/mol. The van der Waals surface area contributed by atoms with Crippen LogP contribution in [-0.2, 0) is 11.8 Å². The van der Waals surface area contributed by atoms with Gasteiger partial charge in [-0.15, -0.1) is 0 Å². The van der Waals surface area contributed by atoms with Gasteiger partial charge in [0.1, 0.15) is 29.4 Å². The molecule has 1 amide bonds. The number of hydrogen-bond acceptors (Lipinski definition) is 6. The Kier molecular flexibility index (Phi) is 6.34. The minimum Gasteiger partial charge on any atom is -0.439 e. The molecule has 0 aliphatic carbocycles. The maximum Gasteiger partial charge on any atom is 0.250 e. The van der Waals surface area contributed by atoms with Crippen LogP contribution < -0.4 is 15.8 Å². The molecule has 2 aromatic carbocycles. The van der Waals surface area contributed by atoms with Crippen molar-refractivity contribution in [2.75, 3.05) is 11.1 Å². The second-order valence-corrected chi connectivity index (χ2v) is 8.91. The molecule has 38 heavy (non-hydrogen) atoms. The van der Waals surface area contributed by atoms with Crippen LogP contribution in [0.5, 0.6) is 11.6 Å². The Morgan fingerprint density at radius 2 is 1.87 bits per heavy atom. The molecule has 0 bridgehead atoms. The summed E-state index contributed by atoms with van der Waals surface area (Å²) in [5, 5.41) is 3.25. The van der Waals surface area contributed by atoms with E-state index < -0.39 is 5.82 Å². The summed E-state index contributed by atoms with van der Waals surface area (Å²) < 4.78 is 23.2. The molecule has 3 aromatic heterocycles. The second kappa shape index (κ2) is 9.78. The molecule has 0 fully saturated rings. The van der Waals surface area contributed by atoms with Gasteiger partial charge >= 0.3 is 0 Å². The van der Waals surface area contributed by atoms with Crippen molar-refractivity contribution < 1.29 is 13.9 Å². The number of anilines is 2. The van der Waals surface area contributed by atoms with Crippen LogP contribution in [0.2, 0.25) is 0 Å². The summed E-state index contributed by atoms with van der Waals surface area (Å²) >= 11 is 0. The molecule has 0 saturated carbocycles. The van der Waals surface area contributed by atoms with E-state index in [1.54, 1.807) is 36.7 Å². The molecule has 3 N–H and O–H groups in total. The quantitative estimate of drug-likeness (QED) is 0.271. The van der Waals surface area contributed by atoms with E-state index in [0.717, 1.165) is 11.3 Å². The van der Waals surface area contributed by atoms with Gasteiger partial charge in [-0.1, -0.05) is 24.8 Å². The first-order chi connectivity index (χ1) is 18.2. The molecular weight excluding hydrogens is 483 g/mol. The van der Waals surface area contributed by atoms with E-state index >= 15 is 4.39 Å². The molecule has 0 unspecified atom stereocenters. The van der Waals surface area contributed by atoms with Crippen LogP contribution in [-0.4, -0.2) is 25.4 Å². The van der Waals surface area contributed by atoms with E-state index in [9.17, 15) is 4.79 Å². The molecule has 190 valence electrons. The molecule has 5 rings (SSSR count). The van der Waals surface area contributed by atoms with Crippen molar-refractivity contribution in [1.82, 2.24) is 19.5 Å². The molecule has 0 aliphatic rings.